The Kier molecular flexibility index (Phi) is 33.7. The van der Waals surface area contributed by atoms with Crippen molar-refractivity contribution in [3.05, 3.63) is 72.9 Å². The molecule has 0 aliphatic rings. The maximum atomic E-state index is 12.1. The molecule has 0 aliphatic carbocycles. The van der Waals surface area contributed by atoms with E-state index in [2.05, 4.69) is 74.6 Å². The Morgan fingerprint density at radius 1 is 0.533 bits per heavy atom. The molecule has 0 fully saturated rings. The molecule has 0 amide bonds. The second-order valence-corrected chi connectivity index (χ2v) is 11.7. The summed E-state index contributed by atoms with van der Waals surface area (Å²) in [4.78, 5) is 24.1. The summed E-state index contributed by atoms with van der Waals surface area (Å²) in [5, 5.41) is 9.51. The number of carbonyl (C=O) groups is 2. The normalized spacial score (nSPS) is 13.0. The maximum Gasteiger partial charge on any atom is 0.306 e. The van der Waals surface area contributed by atoms with Crippen molar-refractivity contribution in [3.63, 3.8) is 0 Å². The van der Waals surface area contributed by atoms with Crippen molar-refractivity contribution in [2.75, 3.05) is 13.2 Å². The minimum Gasteiger partial charge on any atom is -0.462 e. The molecule has 0 aliphatic heterocycles. The summed E-state index contributed by atoms with van der Waals surface area (Å²) < 4.78 is 10.5. The smallest absolute Gasteiger partial charge is 0.306 e. The molecule has 0 aromatic rings. The number of carbonyl (C=O) groups excluding carboxylic acids is 2. The van der Waals surface area contributed by atoms with Crippen LogP contribution in [0.15, 0.2) is 72.9 Å². The SMILES string of the molecule is CCCCC/C=C/C=C/C=C/C=C/CCCCCCCC(=O)OC(CO)COC(=O)CC/C=C/C/C=C/CCCCCCCC. The standard InChI is InChI=1S/C40H66O5/c1-3-5-7-9-11-13-15-17-18-19-20-21-23-25-27-29-31-33-35-40(43)45-38(36-41)37-44-39(42)34-32-30-28-26-24-22-16-14-12-10-8-6-4-2/h11,13,15,17-22,24,28,30,38,41H,3-10,12,14,16,23,25-27,29,31-37H2,1-2H3/b13-11+,17-15+,19-18+,21-20+,24-22+,30-28+. The quantitative estimate of drug-likeness (QED) is 0.0359. The van der Waals surface area contributed by atoms with E-state index in [-0.39, 0.29) is 31.6 Å². The summed E-state index contributed by atoms with van der Waals surface area (Å²) in [7, 11) is 0. The summed E-state index contributed by atoms with van der Waals surface area (Å²) in [5.41, 5.74) is 0. The Balaban J connectivity index is 3.74. The molecule has 1 atom stereocenters. The molecule has 0 rings (SSSR count). The minimum absolute atomic E-state index is 0.110. The minimum atomic E-state index is -0.808. The summed E-state index contributed by atoms with van der Waals surface area (Å²) in [6.07, 6.45) is 46.7. The number of aliphatic hydroxyl groups excluding tert-OH is 1. The zero-order valence-electron chi connectivity index (χ0n) is 28.8. The van der Waals surface area contributed by atoms with Gasteiger partial charge in [-0.3, -0.25) is 9.59 Å². The number of rotatable bonds is 31. The van der Waals surface area contributed by atoms with Crippen LogP contribution < -0.4 is 0 Å². The fraction of sp³-hybridized carbons (Fsp3) is 0.650. The molecule has 0 aromatic heterocycles. The summed E-state index contributed by atoms with van der Waals surface area (Å²) in [6, 6.07) is 0. The van der Waals surface area contributed by atoms with Crippen molar-refractivity contribution in [1.29, 1.82) is 0 Å². The van der Waals surface area contributed by atoms with E-state index in [1.807, 2.05) is 12.2 Å². The van der Waals surface area contributed by atoms with Gasteiger partial charge in [-0.1, -0.05) is 151 Å². The molecule has 45 heavy (non-hydrogen) atoms. The van der Waals surface area contributed by atoms with Gasteiger partial charge in [-0.25, -0.2) is 0 Å². The summed E-state index contributed by atoms with van der Waals surface area (Å²) >= 11 is 0. The molecule has 0 bridgehead atoms. The topological polar surface area (TPSA) is 72.8 Å². The third-order valence-electron chi connectivity index (χ3n) is 7.33. The van der Waals surface area contributed by atoms with Crippen molar-refractivity contribution in [2.45, 2.75) is 155 Å². The molecular weight excluding hydrogens is 560 g/mol. The van der Waals surface area contributed by atoms with Crippen LogP contribution in [0.25, 0.3) is 0 Å². The Hall–Kier alpha value is -2.66. The van der Waals surface area contributed by atoms with Gasteiger partial charge in [0.2, 0.25) is 0 Å². The molecule has 0 radical (unpaired) electrons. The Morgan fingerprint density at radius 3 is 1.64 bits per heavy atom. The number of aliphatic hydroxyl groups is 1. The van der Waals surface area contributed by atoms with Crippen molar-refractivity contribution < 1.29 is 24.2 Å². The summed E-state index contributed by atoms with van der Waals surface area (Å²) in [5.74, 6) is -0.704. The second-order valence-electron chi connectivity index (χ2n) is 11.7. The van der Waals surface area contributed by atoms with Gasteiger partial charge < -0.3 is 14.6 Å². The molecule has 256 valence electrons. The van der Waals surface area contributed by atoms with E-state index in [4.69, 9.17) is 9.47 Å². The van der Waals surface area contributed by atoms with Crippen molar-refractivity contribution in [3.8, 4) is 0 Å². The number of ether oxygens (including phenoxy) is 2. The zero-order chi connectivity index (χ0) is 32.9. The number of esters is 2. The highest BCUT2D eigenvalue weighted by Gasteiger charge is 2.15. The van der Waals surface area contributed by atoms with Crippen molar-refractivity contribution in [2.24, 2.45) is 0 Å². The second kappa shape index (κ2) is 35.8. The van der Waals surface area contributed by atoms with Crippen LogP contribution in [0.5, 0.6) is 0 Å². The lowest BCUT2D eigenvalue weighted by Crippen LogP contribution is -2.28. The molecule has 0 saturated heterocycles. The van der Waals surface area contributed by atoms with Crippen LogP contribution in [-0.4, -0.2) is 36.4 Å². The highest BCUT2D eigenvalue weighted by atomic mass is 16.6. The largest absolute Gasteiger partial charge is 0.462 e. The Labute approximate surface area is 276 Å². The highest BCUT2D eigenvalue weighted by Crippen LogP contribution is 2.10. The van der Waals surface area contributed by atoms with E-state index in [1.165, 1.54) is 57.8 Å². The first-order valence-electron chi connectivity index (χ1n) is 18.0. The molecule has 0 heterocycles. The predicted molar refractivity (Wildman–Crippen MR) is 191 cm³/mol. The van der Waals surface area contributed by atoms with Gasteiger partial charge in [0.05, 0.1) is 6.61 Å². The first-order valence-corrected chi connectivity index (χ1v) is 18.0. The van der Waals surface area contributed by atoms with Gasteiger partial charge in [0.1, 0.15) is 6.61 Å². The molecule has 0 spiro atoms. The monoisotopic (exact) mass is 626 g/mol. The van der Waals surface area contributed by atoms with Gasteiger partial charge in [-0.05, 0) is 57.8 Å². The van der Waals surface area contributed by atoms with Gasteiger partial charge >= 0.3 is 11.9 Å². The van der Waals surface area contributed by atoms with E-state index in [0.717, 1.165) is 57.8 Å². The number of allylic oxidation sites excluding steroid dienone is 12. The average Bonchev–Trinajstić information content (AvgIpc) is 3.04. The lowest BCUT2D eigenvalue weighted by atomic mass is 10.1. The zero-order valence-corrected chi connectivity index (χ0v) is 28.8. The number of hydrogen-bond donors (Lipinski definition) is 1. The van der Waals surface area contributed by atoms with E-state index in [0.29, 0.717) is 12.8 Å². The van der Waals surface area contributed by atoms with Crippen LogP contribution in [0.4, 0.5) is 0 Å². The third kappa shape index (κ3) is 34.1. The lowest BCUT2D eigenvalue weighted by Gasteiger charge is -2.15. The predicted octanol–water partition coefficient (Wildman–Crippen LogP) is 11.0. The fourth-order valence-electron chi connectivity index (χ4n) is 4.56. The van der Waals surface area contributed by atoms with Crippen LogP contribution in [0.2, 0.25) is 0 Å². The van der Waals surface area contributed by atoms with Gasteiger partial charge in [-0.2, -0.15) is 0 Å². The van der Waals surface area contributed by atoms with E-state index in [9.17, 15) is 14.7 Å². The van der Waals surface area contributed by atoms with E-state index < -0.39 is 6.10 Å². The van der Waals surface area contributed by atoms with Crippen LogP contribution in [0.3, 0.4) is 0 Å². The number of unbranched alkanes of at least 4 members (excludes halogenated alkanes) is 14. The summed E-state index contributed by atoms with van der Waals surface area (Å²) in [6.45, 7) is 3.99. The Morgan fingerprint density at radius 2 is 1.02 bits per heavy atom. The molecule has 5 heteroatoms. The van der Waals surface area contributed by atoms with Gasteiger partial charge in [-0.15, -0.1) is 0 Å². The fourth-order valence-corrected chi connectivity index (χ4v) is 4.56. The molecule has 1 unspecified atom stereocenters. The van der Waals surface area contributed by atoms with Crippen LogP contribution >= 0.6 is 0 Å². The first kappa shape index (κ1) is 42.3. The molecule has 5 nitrogen and oxygen atoms in total. The average molecular weight is 627 g/mol. The molecular formula is C40H66O5. The highest BCUT2D eigenvalue weighted by molar-refractivity contribution is 5.70. The van der Waals surface area contributed by atoms with Crippen LogP contribution in [0.1, 0.15) is 149 Å². The van der Waals surface area contributed by atoms with E-state index in [1.54, 1.807) is 0 Å². The first-order chi connectivity index (χ1) is 22.1. The van der Waals surface area contributed by atoms with Gasteiger partial charge in [0, 0.05) is 12.8 Å². The van der Waals surface area contributed by atoms with Gasteiger partial charge in [0.15, 0.2) is 6.10 Å². The number of hydrogen-bond acceptors (Lipinski definition) is 5. The lowest BCUT2D eigenvalue weighted by molar-refractivity contribution is -0.161. The molecule has 0 saturated carbocycles. The Bertz CT molecular complexity index is 849. The van der Waals surface area contributed by atoms with Crippen LogP contribution in [-0.2, 0) is 19.1 Å². The van der Waals surface area contributed by atoms with E-state index >= 15 is 0 Å². The van der Waals surface area contributed by atoms with Crippen LogP contribution in [0, 0.1) is 0 Å². The van der Waals surface area contributed by atoms with Crippen molar-refractivity contribution in [1.82, 2.24) is 0 Å². The van der Waals surface area contributed by atoms with Crippen molar-refractivity contribution >= 4 is 11.9 Å². The van der Waals surface area contributed by atoms with Gasteiger partial charge in [0.25, 0.3) is 0 Å². The maximum absolute atomic E-state index is 12.1. The molecule has 1 N–H and O–H groups in total. The third-order valence-corrected chi connectivity index (χ3v) is 7.33. The molecule has 0 aromatic carbocycles.